The molecule has 0 aromatic carbocycles. The molecule has 2 rings (SSSR count). The van der Waals surface area contributed by atoms with Crippen LogP contribution < -0.4 is 5.73 Å². The minimum Gasteiger partial charge on any atom is -0.388 e. The molecule has 0 bridgehead atoms. The highest BCUT2D eigenvalue weighted by molar-refractivity contribution is 7.09. The first kappa shape index (κ1) is 11.5. The minimum atomic E-state index is -1.03. The highest BCUT2D eigenvalue weighted by Gasteiger charge is 2.42. The van der Waals surface area contributed by atoms with E-state index in [9.17, 15) is 15.0 Å². The minimum absolute atomic E-state index is 0.143. The smallest absolute Gasteiger partial charge is 0.268 e. The summed E-state index contributed by atoms with van der Waals surface area (Å²) in [5, 5.41) is 21.2. The second kappa shape index (κ2) is 4.10. The second-order valence-electron chi connectivity index (χ2n) is 3.68. The molecule has 1 amide bonds. The van der Waals surface area contributed by atoms with Gasteiger partial charge in [0.2, 0.25) is 0 Å². The predicted molar refractivity (Wildman–Crippen MR) is 55.9 cm³/mol. The topological polar surface area (TPSA) is 106 Å². The van der Waals surface area contributed by atoms with Gasteiger partial charge in [-0.05, 0) is 6.92 Å². The number of hydrogen-bond acceptors (Lipinski definition) is 6. The average molecular weight is 244 g/mol. The SMILES string of the molecule is C[C@H]1O[C@@H](c2nc(C(N)=O)cs2)[C@H](O)[C@@H]1O. The number of aliphatic hydroxyl groups is 2. The molecule has 1 aromatic rings. The summed E-state index contributed by atoms with van der Waals surface area (Å²) in [6.07, 6.45) is -3.11. The van der Waals surface area contributed by atoms with Crippen LogP contribution in [0.5, 0.6) is 0 Å². The van der Waals surface area contributed by atoms with Crippen LogP contribution >= 0.6 is 11.3 Å². The number of hydrogen-bond donors (Lipinski definition) is 3. The van der Waals surface area contributed by atoms with Gasteiger partial charge in [-0.3, -0.25) is 4.79 Å². The zero-order valence-corrected chi connectivity index (χ0v) is 9.35. The molecule has 4 N–H and O–H groups in total. The highest BCUT2D eigenvalue weighted by atomic mass is 32.1. The van der Waals surface area contributed by atoms with Crippen LogP contribution in [0.25, 0.3) is 0 Å². The fraction of sp³-hybridized carbons (Fsp3) is 0.556. The van der Waals surface area contributed by atoms with Crippen LogP contribution in [0.1, 0.15) is 28.5 Å². The van der Waals surface area contributed by atoms with Crippen molar-refractivity contribution >= 4 is 17.2 Å². The largest absolute Gasteiger partial charge is 0.388 e. The van der Waals surface area contributed by atoms with Crippen molar-refractivity contribution in [3.05, 3.63) is 16.1 Å². The predicted octanol–water partition coefficient (Wildman–Crippen LogP) is -0.576. The molecule has 7 heteroatoms. The van der Waals surface area contributed by atoms with E-state index in [4.69, 9.17) is 10.5 Å². The molecular formula is C9H12N2O4S. The Morgan fingerprint density at radius 1 is 1.56 bits per heavy atom. The van der Waals surface area contributed by atoms with Gasteiger partial charge in [0.25, 0.3) is 5.91 Å². The molecule has 1 saturated heterocycles. The van der Waals surface area contributed by atoms with Gasteiger partial charge in [0.15, 0.2) is 0 Å². The van der Waals surface area contributed by atoms with Gasteiger partial charge in [-0.2, -0.15) is 0 Å². The van der Waals surface area contributed by atoms with Crippen molar-refractivity contribution < 1.29 is 19.7 Å². The van der Waals surface area contributed by atoms with Gasteiger partial charge in [-0.1, -0.05) is 0 Å². The normalized spacial score (nSPS) is 34.2. The standard InChI is InChI=1S/C9H12N2O4S/c1-3-5(12)6(13)7(15-3)9-11-4(2-16-9)8(10)14/h2-3,5-7,12-13H,1H3,(H2,10,14)/t3-,5-,6-,7-/m1/s1. The van der Waals surface area contributed by atoms with Crippen LogP contribution in [0.4, 0.5) is 0 Å². The molecule has 0 spiro atoms. The molecular weight excluding hydrogens is 232 g/mol. The highest BCUT2D eigenvalue weighted by Crippen LogP contribution is 2.34. The number of aromatic nitrogens is 1. The summed E-state index contributed by atoms with van der Waals surface area (Å²) in [5.74, 6) is -0.622. The van der Waals surface area contributed by atoms with Crippen molar-refractivity contribution in [2.24, 2.45) is 5.73 Å². The first-order valence-corrected chi connectivity index (χ1v) is 5.65. The molecule has 1 aliphatic heterocycles. The summed E-state index contributed by atoms with van der Waals surface area (Å²) >= 11 is 1.17. The van der Waals surface area contributed by atoms with E-state index >= 15 is 0 Å². The van der Waals surface area contributed by atoms with E-state index in [0.29, 0.717) is 5.01 Å². The number of ether oxygens (including phenoxy) is 1. The van der Waals surface area contributed by atoms with Crippen LogP contribution in [0.3, 0.4) is 0 Å². The lowest BCUT2D eigenvalue weighted by Gasteiger charge is -2.11. The number of carbonyl (C=O) groups excluding carboxylic acids is 1. The van der Waals surface area contributed by atoms with E-state index in [0.717, 1.165) is 0 Å². The number of nitrogens with zero attached hydrogens (tertiary/aromatic N) is 1. The van der Waals surface area contributed by atoms with Gasteiger partial charge in [-0.15, -0.1) is 11.3 Å². The number of carbonyl (C=O) groups is 1. The lowest BCUT2D eigenvalue weighted by atomic mass is 10.1. The second-order valence-corrected chi connectivity index (χ2v) is 4.57. The van der Waals surface area contributed by atoms with Crippen LogP contribution in [0.15, 0.2) is 5.38 Å². The molecule has 16 heavy (non-hydrogen) atoms. The Hall–Kier alpha value is -1.02. The number of rotatable bonds is 2. The quantitative estimate of drug-likeness (QED) is 0.645. The van der Waals surface area contributed by atoms with Crippen molar-refractivity contribution in [3.63, 3.8) is 0 Å². The van der Waals surface area contributed by atoms with Crippen molar-refractivity contribution in [1.29, 1.82) is 0 Å². The molecule has 1 fully saturated rings. The van der Waals surface area contributed by atoms with Crippen molar-refractivity contribution in [2.45, 2.75) is 31.3 Å². The third-order valence-corrected chi connectivity index (χ3v) is 3.43. The van der Waals surface area contributed by atoms with Gasteiger partial charge >= 0.3 is 0 Å². The fourth-order valence-corrected chi connectivity index (χ4v) is 2.47. The number of thiazole rings is 1. The third kappa shape index (κ3) is 1.82. The molecule has 0 aliphatic carbocycles. The van der Waals surface area contributed by atoms with E-state index in [-0.39, 0.29) is 5.69 Å². The summed E-state index contributed by atoms with van der Waals surface area (Å²) in [7, 11) is 0. The van der Waals surface area contributed by atoms with Crippen molar-refractivity contribution in [2.75, 3.05) is 0 Å². The van der Waals surface area contributed by atoms with Gasteiger partial charge in [0.05, 0.1) is 6.10 Å². The summed E-state index contributed by atoms with van der Waals surface area (Å²) in [6, 6.07) is 0. The van der Waals surface area contributed by atoms with Gasteiger partial charge in [-0.25, -0.2) is 4.98 Å². The number of nitrogens with two attached hydrogens (primary N) is 1. The summed E-state index contributed by atoms with van der Waals surface area (Å²) < 4.78 is 5.36. The molecule has 1 aromatic heterocycles. The van der Waals surface area contributed by atoms with Gasteiger partial charge in [0, 0.05) is 5.38 Å². The molecule has 4 atom stereocenters. The van der Waals surface area contributed by atoms with Gasteiger partial charge < -0.3 is 20.7 Å². The summed E-state index contributed by atoms with van der Waals surface area (Å²) in [5.41, 5.74) is 5.21. The van der Waals surface area contributed by atoms with Gasteiger partial charge in [0.1, 0.15) is 29.0 Å². The van der Waals surface area contributed by atoms with Crippen LogP contribution in [0, 0.1) is 0 Å². The average Bonchev–Trinajstić information content (AvgIpc) is 2.79. The molecule has 2 heterocycles. The molecule has 0 radical (unpaired) electrons. The lowest BCUT2D eigenvalue weighted by molar-refractivity contribution is 0.0149. The van der Waals surface area contributed by atoms with Crippen LogP contribution in [-0.2, 0) is 4.74 Å². The lowest BCUT2D eigenvalue weighted by Crippen LogP contribution is -2.28. The molecule has 0 saturated carbocycles. The summed E-state index contributed by atoms with van der Waals surface area (Å²) in [6.45, 7) is 1.66. The number of amides is 1. The maximum atomic E-state index is 10.9. The summed E-state index contributed by atoms with van der Waals surface area (Å²) in [4.78, 5) is 14.8. The van der Waals surface area contributed by atoms with Crippen molar-refractivity contribution in [1.82, 2.24) is 4.98 Å². The van der Waals surface area contributed by atoms with Crippen LogP contribution in [0.2, 0.25) is 0 Å². The first-order chi connectivity index (χ1) is 7.50. The Balaban J connectivity index is 2.21. The maximum absolute atomic E-state index is 10.9. The van der Waals surface area contributed by atoms with E-state index in [2.05, 4.69) is 4.98 Å². The third-order valence-electron chi connectivity index (χ3n) is 2.52. The molecule has 0 unspecified atom stereocenters. The molecule has 88 valence electrons. The Morgan fingerprint density at radius 3 is 2.69 bits per heavy atom. The van der Waals surface area contributed by atoms with E-state index < -0.39 is 30.3 Å². The van der Waals surface area contributed by atoms with E-state index in [1.807, 2.05) is 0 Å². The Labute approximate surface area is 95.7 Å². The zero-order valence-electron chi connectivity index (χ0n) is 8.53. The fourth-order valence-electron chi connectivity index (χ4n) is 1.58. The van der Waals surface area contributed by atoms with E-state index in [1.165, 1.54) is 16.7 Å². The monoisotopic (exact) mass is 244 g/mol. The number of primary amides is 1. The maximum Gasteiger partial charge on any atom is 0.268 e. The molecule has 1 aliphatic rings. The first-order valence-electron chi connectivity index (χ1n) is 4.77. The number of aliphatic hydroxyl groups excluding tert-OH is 2. The Bertz CT molecular complexity index is 408. The van der Waals surface area contributed by atoms with E-state index in [1.54, 1.807) is 6.92 Å². The molecule has 6 nitrogen and oxygen atoms in total. The Morgan fingerprint density at radius 2 is 2.25 bits per heavy atom. The van der Waals surface area contributed by atoms with Crippen LogP contribution in [-0.4, -0.2) is 39.4 Å². The zero-order chi connectivity index (χ0) is 11.9. The Kier molecular flexibility index (Phi) is 2.94. The van der Waals surface area contributed by atoms with Crippen molar-refractivity contribution in [3.8, 4) is 0 Å².